The van der Waals surface area contributed by atoms with Crippen LogP contribution in [0.1, 0.15) is 17.5 Å². The van der Waals surface area contributed by atoms with E-state index in [1.807, 2.05) is 6.07 Å². The Morgan fingerprint density at radius 3 is 2.60 bits per heavy atom. The summed E-state index contributed by atoms with van der Waals surface area (Å²) in [6.07, 6.45) is 1.95. The Morgan fingerprint density at radius 1 is 1.27 bits per heavy atom. The minimum Gasteiger partial charge on any atom is -0.492 e. The highest BCUT2D eigenvalue weighted by molar-refractivity contribution is 5.96. The molecule has 1 aliphatic rings. The normalized spacial score (nSPS) is 15.1. The van der Waals surface area contributed by atoms with Crippen molar-refractivity contribution in [2.24, 2.45) is 0 Å². The Hall–Kier alpha value is -2.08. The van der Waals surface area contributed by atoms with Gasteiger partial charge in [0.15, 0.2) is 5.78 Å². The van der Waals surface area contributed by atoms with Gasteiger partial charge in [-0.15, -0.1) is 0 Å². The minimum absolute atomic E-state index is 0.0839. The molecule has 0 N–H and O–H groups in total. The Kier molecular flexibility index (Phi) is 2.51. The fraction of sp³-hybridized carbons (Fsp3) is 0.167. The van der Waals surface area contributed by atoms with E-state index in [9.17, 15) is 4.79 Å². The van der Waals surface area contributed by atoms with Crippen LogP contribution in [0.3, 0.4) is 0 Å². The van der Waals surface area contributed by atoms with Gasteiger partial charge in [0.25, 0.3) is 0 Å². The average molecular weight is 199 g/mol. The molecule has 1 aromatic rings. The number of nitrogens with zero attached hydrogens (tertiary/aromatic N) is 1. The topological polar surface area (TPSA) is 50.1 Å². The van der Waals surface area contributed by atoms with Crippen molar-refractivity contribution in [1.29, 1.82) is 5.26 Å². The minimum atomic E-state index is 0.0839. The third kappa shape index (κ3) is 2.05. The van der Waals surface area contributed by atoms with Gasteiger partial charge in [-0.05, 0) is 24.3 Å². The molecule has 0 amide bonds. The number of carbonyl (C=O) groups excluding carboxylic acids is 1. The first-order valence-electron chi connectivity index (χ1n) is 4.67. The molecule has 0 atom stereocenters. The van der Waals surface area contributed by atoms with E-state index in [-0.39, 0.29) is 5.78 Å². The molecule has 0 radical (unpaired) electrons. The first kappa shape index (κ1) is 9.47. The smallest absolute Gasteiger partial charge is 0.162 e. The molecular weight excluding hydrogens is 190 g/mol. The number of hydrogen-bond acceptors (Lipinski definition) is 3. The zero-order chi connectivity index (χ0) is 10.7. The quantitative estimate of drug-likeness (QED) is 0.693. The molecule has 1 aromatic carbocycles. The van der Waals surface area contributed by atoms with Gasteiger partial charge in [0.2, 0.25) is 0 Å². The maximum atomic E-state index is 11.2. The highest BCUT2D eigenvalue weighted by Gasteiger charge is 2.12. The highest BCUT2D eigenvalue weighted by Crippen LogP contribution is 2.20. The molecule has 1 heterocycles. The van der Waals surface area contributed by atoms with E-state index in [2.05, 4.69) is 0 Å². The molecule has 0 aromatic heterocycles. The van der Waals surface area contributed by atoms with E-state index in [0.717, 1.165) is 5.56 Å². The van der Waals surface area contributed by atoms with E-state index < -0.39 is 0 Å². The summed E-state index contributed by atoms with van der Waals surface area (Å²) >= 11 is 0. The van der Waals surface area contributed by atoms with Gasteiger partial charge in [0, 0.05) is 18.1 Å². The van der Waals surface area contributed by atoms with Crippen molar-refractivity contribution in [2.75, 3.05) is 6.61 Å². The Labute approximate surface area is 87.6 Å². The second kappa shape index (κ2) is 3.97. The van der Waals surface area contributed by atoms with Gasteiger partial charge in [-0.25, -0.2) is 0 Å². The summed E-state index contributed by atoms with van der Waals surface area (Å²) in [5, 5.41) is 8.63. The molecular formula is C12H9NO2. The number of allylic oxidation sites excluding steroid dienone is 1. The number of ketones is 1. The van der Waals surface area contributed by atoms with Crippen molar-refractivity contribution in [1.82, 2.24) is 0 Å². The lowest BCUT2D eigenvalue weighted by Crippen LogP contribution is -2.08. The van der Waals surface area contributed by atoms with Crippen LogP contribution in [0.5, 0.6) is 0 Å². The van der Waals surface area contributed by atoms with Crippen molar-refractivity contribution in [3.05, 3.63) is 41.5 Å². The maximum Gasteiger partial charge on any atom is 0.162 e. The largest absolute Gasteiger partial charge is 0.492 e. The van der Waals surface area contributed by atoms with Crippen LogP contribution >= 0.6 is 0 Å². The maximum absolute atomic E-state index is 11.2. The van der Waals surface area contributed by atoms with Gasteiger partial charge in [0.05, 0.1) is 18.2 Å². The molecule has 0 fully saturated rings. The van der Waals surface area contributed by atoms with Crippen molar-refractivity contribution >= 4 is 11.5 Å². The lowest BCUT2D eigenvalue weighted by Gasteiger charge is -2.14. The van der Waals surface area contributed by atoms with E-state index in [0.29, 0.717) is 24.4 Å². The molecule has 15 heavy (non-hydrogen) atoms. The van der Waals surface area contributed by atoms with Crippen molar-refractivity contribution in [2.45, 2.75) is 6.42 Å². The first-order valence-corrected chi connectivity index (χ1v) is 4.67. The van der Waals surface area contributed by atoms with E-state index in [1.165, 1.54) is 6.08 Å². The lowest BCUT2D eigenvalue weighted by molar-refractivity contribution is -0.115. The van der Waals surface area contributed by atoms with Crippen molar-refractivity contribution < 1.29 is 9.53 Å². The standard InChI is InChI=1S/C12H9NO2/c13-8-9-1-3-10(4-2-9)12-7-11(14)5-6-15-12/h1-4,7H,5-6H2. The van der Waals surface area contributed by atoms with Crippen LogP contribution in [-0.2, 0) is 9.53 Å². The van der Waals surface area contributed by atoms with Gasteiger partial charge in [-0.2, -0.15) is 5.26 Å². The average Bonchev–Trinajstić information content (AvgIpc) is 2.29. The molecule has 0 unspecified atom stereocenters. The summed E-state index contributed by atoms with van der Waals surface area (Å²) in [6.45, 7) is 0.435. The van der Waals surface area contributed by atoms with Crippen LogP contribution in [0.2, 0.25) is 0 Å². The summed E-state index contributed by atoms with van der Waals surface area (Å²) < 4.78 is 5.37. The number of hydrogen-bond donors (Lipinski definition) is 0. The second-order valence-electron chi connectivity index (χ2n) is 3.26. The summed E-state index contributed by atoms with van der Waals surface area (Å²) in [5.41, 5.74) is 1.43. The molecule has 0 spiro atoms. The summed E-state index contributed by atoms with van der Waals surface area (Å²) in [6, 6.07) is 9.01. The molecule has 0 saturated carbocycles. The fourth-order valence-electron chi connectivity index (χ4n) is 1.40. The van der Waals surface area contributed by atoms with E-state index in [1.54, 1.807) is 24.3 Å². The number of benzene rings is 1. The number of carbonyl (C=O) groups is 1. The molecule has 74 valence electrons. The van der Waals surface area contributed by atoms with E-state index in [4.69, 9.17) is 10.00 Å². The monoisotopic (exact) mass is 199 g/mol. The van der Waals surface area contributed by atoms with Crippen LogP contribution in [-0.4, -0.2) is 12.4 Å². The SMILES string of the molecule is N#Cc1ccc(C2=CC(=O)CCO2)cc1. The third-order valence-corrected chi connectivity index (χ3v) is 2.20. The van der Waals surface area contributed by atoms with Crippen LogP contribution in [0, 0.1) is 11.3 Å². The predicted molar refractivity (Wildman–Crippen MR) is 54.7 cm³/mol. The number of rotatable bonds is 1. The summed E-state index contributed by atoms with van der Waals surface area (Å²) in [4.78, 5) is 11.2. The zero-order valence-electron chi connectivity index (χ0n) is 8.06. The molecule has 0 aliphatic carbocycles. The fourth-order valence-corrected chi connectivity index (χ4v) is 1.40. The van der Waals surface area contributed by atoms with Gasteiger partial charge >= 0.3 is 0 Å². The Morgan fingerprint density at radius 2 is 2.00 bits per heavy atom. The van der Waals surface area contributed by atoms with Gasteiger partial charge in [0.1, 0.15) is 5.76 Å². The van der Waals surface area contributed by atoms with Gasteiger partial charge in [-0.3, -0.25) is 4.79 Å². The predicted octanol–water partition coefficient (Wildman–Crippen LogP) is 1.89. The first-order chi connectivity index (χ1) is 7.29. The molecule has 3 nitrogen and oxygen atoms in total. The van der Waals surface area contributed by atoms with Crippen molar-refractivity contribution in [3.63, 3.8) is 0 Å². The third-order valence-electron chi connectivity index (χ3n) is 2.20. The van der Waals surface area contributed by atoms with Gasteiger partial charge < -0.3 is 4.74 Å². The Balaban J connectivity index is 2.30. The highest BCUT2D eigenvalue weighted by atomic mass is 16.5. The number of ether oxygens (including phenoxy) is 1. The van der Waals surface area contributed by atoms with E-state index >= 15 is 0 Å². The van der Waals surface area contributed by atoms with Gasteiger partial charge in [-0.1, -0.05) is 0 Å². The summed E-state index contributed by atoms with van der Waals surface area (Å²) in [7, 11) is 0. The number of nitriles is 1. The molecule has 1 aliphatic heterocycles. The summed E-state index contributed by atoms with van der Waals surface area (Å²) in [5.74, 6) is 0.677. The van der Waals surface area contributed by atoms with Crippen LogP contribution in [0.15, 0.2) is 30.3 Å². The second-order valence-corrected chi connectivity index (χ2v) is 3.26. The Bertz CT molecular complexity index is 452. The molecule has 0 bridgehead atoms. The van der Waals surface area contributed by atoms with Crippen molar-refractivity contribution in [3.8, 4) is 6.07 Å². The van der Waals surface area contributed by atoms with Crippen LogP contribution < -0.4 is 0 Å². The lowest BCUT2D eigenvalue weighted by atomic mass is 10.1. The molecule has 0 saturated heterocycles. The van der Waals surface area contributed by atoms with Crippen LogP contribution in [0.25, 0.3) is 5.76 Å². The molecule has 2 rings (SSSR count). The van der Waals surface area contributed by atoms with Crippen LogP contribution in [0.4, 0.5) is 0 Å². The zero-order valence-corrected chi connectivity index (χ0v) is 8.06. The molecule has 3 heteroatoms.